The van der Waals surface area contributed by atoms with Gasteiger partial charge in [-0.15, -0.1) is 0 Å². The molecule has 32 heavy (non-hydrogen) atoms. The Labute approximate surface area is 189 Å². The molecule has 1 aliphatic rings. The summed E-state index contributed by atoms with van der Waals surface area (Å²) in [5.41, 5.74) is 3.42. The van der Waals surface area contributed by atoms with Gasteiger partial charge in [0.1, 0.15) is 17.3 Å². The molecule has 4 rings (SSSR count). The number of aliphatic imine (C=N–C) groups is 1. The first-order chi connectivity index (χ1) is 15.6. The molecule has 1 amide bonds. The molecule has 0 spiro atoms. The molecule has 5 heteroatoms. The first kappa shape index (κ1) is 21.6. The zero-order chi connectivity index (χ0) is 22.5. The van der Waals surface area contributed by atoms with Crippen molar-refractivity contribution >= 4 is 23.1 Å². The molecular weight excluding hydrogens is 398 g/mol. The Hall–Kier alpha value is -3.60. The van der Waals surface area contributed by atoms with Crippen LogP contribution in [-0.2, 0) is 4.79 Å². The van der Waals surface area contributed by atoms with Crippen LogP contribution in [0, 0.1) is 0 Å². The average Bonchev–Trinajstić information content (AvgIpc) is 2.98. The van der Waals surface area contributed by atoms with Crippen LogP contribution in [0.3, 0.4) is 0 Å². The fraction of sp³-hybridized carbons (Fsp3) is 0.259. The number of para-hydroxylation sites is 2. The lowest BCUT2D eigenvalue weighted by atomic mass is 9.95. The number of hydrogen-bond donors (Lipinski definition) is 1. The number of carbonyl (C=O) groups is 1. The van der Waals surface area contributed by atoms with Crippen LogP contribution in [0.5, 0.6) is 11.5 Å². The molecule has 0 fully saturated rings. The first-order valence-electron chi connectivity index (χ1n) is 11.2. The smallest absolute Gasteiger partial charge is 0.231 e. The van der Waals surface area contributed by atoms with Crippen molar-refractivity contribution in [2.75, 3.05) is 18.4 Å². The molecule has 0 radical (unpaired) electrons. The highest BCUT2D eigenvalue weighted by molar-refractivity contribution is 6.05. The van der Waals surface area contributed by atoms with E-state index < -0.39 is 0 Å². The summed E-state index contributed by atoms with van der Waals surface area (Å²) in [7, 11) is 0. The minimum Gasteiger partial charge on any atom is -0.454 e. The van der Waals surface area contributed by atoms with Crippen molar-refractivity contribution in [3.8, 4) is 11.5 Å². The van der Waals surface area contributed by atoms with Gasteiger partial charge in [-0.3, -0.25) is 4.79 Å². The van der Waals surface area contributed by atoms with Crippen molar-refractivity contribution in [3.63, 3.8) is 0 Å². The Kier molecular flexibility index (Phi) is 6.55. The molecule has 3 aromatic carbocycles. The van der Waals surface area contributed by atoms with Crippen LogP contribution in [0.25, 0.3) is 0 Å². The Morgan fingerprint density at radius 3 is 2.38 bits per heavy atom. The summed E-state index contributed by atoms with van der Waals surface area (Å²) in [6.45, 7) is 7.89. The highest BCUT2D eigenvalue weighted by atomic mass is 16.5. The largest absolute Gasteiger partial charge is 0.454 e. The number of anilines is 1. The predicted molar refractivity (Wildman–Crippen MR) is 130 cm³/mol. The Morgan fingerprint density at radius 2 is 1.66 bits per heavy atom. The van der Waals surface area contributed by atoms with E-state index in [2.05, 4.69) is 24.1 Å². The summed E-state index contributed by atoms with van der Waals surface area (Å²) in [5, 5.41) is 3.11. The number of nitrogens with one attached hydrogen (secondary N) is 1. The number of rotatable bonds is 6. The number of hydrogen-bond acceptors (Lipinski definition) is 4. The maximum Gasteiger partial charge on any atom is 0.231 e. The van der Waals surface area contributed by atoms with E-state index in [1.807, 2.05) is 79.7 Å². The molecule has 0 bridgehead atoms. The minimum atomic E-state index is -0.202. The van der Waals surface area contributed by atoms with Crippen molar-refractivity contribution in [2.24, 2.45) is 4.99 Å². The second-order valence-corrected chi connectivity index (χ2v) is 7.75. The van der Waals surface area contributed by atoms with Crippen LogP contribution in [-0.4, -0.2) is 29.7 Å². The summed E-state index contributed by atoms with van der Waals surface area (Å²) < 4.78 is 6.22. The van der Waals surface area contributed by atoms with E-state index in [1.165, 1.54) is 0 Å². The zero-order valence-electron chi connectivity index (χ0n) is 18.8. The van der Waals surface area contributed by atoms with E-state index in [4.69, 9.17) is 9.73 Å². The van der Waals surface area contributed by atoms with Crippen molar-refractivity contribution < 1.29 is 9.53 Å². The number of amides is 1. The highest BCUT2D eigenvalue weighted by Crippen LogP contribution is 2.39. The van der Waals surface area contributed by atoms with Gasteiger partial charge in [-0.05, 0) is 56.2 Å². The van der Waals surface area contributed by atoms with Gasteiger partial charge in [-0.1, -0.05) is 49.4 Å². The lowest BCUT2D eigenvalue weighted by Crippen LogP contribution is -2.31. The Morgan fingerprint density at radius 1 is 0.938 bits per heavy atom. The van der Waals surface area contributed by atoms with Gasteiger partial charge in [-0.25, -0.2) is 4.99 Å². The van der Waals surface area contributed by atoms with Gasteiger partial charge >= 0.3 is 0 Å². The van der Waals surface area contributed by atoms with Gasteiger partial charge in [0, 0.05) is 18.8 Å². The topological polar surface area (TPSA) is 53.9 Å². The molecule has 0 saturated carbocycles. The maximum atomic E-state index is 13.1. The monoisotopic (exact) mass is 427 g/mol. The van der Waals surface area contributed by atoms with Crippen LogP contribution in [0.4, 0.5) is 11.4 Å². The number of amidine groups is 1. The SMILES string of the molecule is CC[C@@H](C(=O)Nc1ccc2c(c1)C(N(CC)CC)=Nc1ccccc1O2)c1ccccc1. The third-order valence-corrected chi connectivity index (χ3v) is 5.79. The maximum absolute atomic E-state index is 13.1. The van der Waals surface area contributed by atoms with Gasteiger partial charge in [0.25, 0.3) is 0 Å². The molecule has 3 aromatic rings. The fourth-order valence-electron chi connectivity index (χ4n) is 4.05. The van der Waals surface area contributed by atoms with E-state index >= 15 is 0 Å². The molecule has 1 atom stereocenters. The Balaban J connectivity index is 1.70. The van der Waals surface area contributed by atoms with Crippen molar-refractivity contribution in [3.05, 3.63) is 83.9 Å². The molecule has 0 aromatic heterocycles. The minimum absolute atomic E-state index is 0.0159. The molecule has 1 heterocycles. The molecular formula is C27H29N3O2. The quantitative estimate of drug-likeness (QED) is 0.499. The number of carbonyl (C=O) groups excluding carboxylic acids is 1. The van der Waals surface area contributed by atoms with E-state index in [0.717, 1.165) is 59.3 Å². The fourth-order valence-corrected chi connectivity index (χ4v) is 4.05. The number of fused-ring (bicyclic) bond motifs is 2. The van der Waals surface area contributed by atoms with E-state index in [0.29, 0.717) is 0 Å². The second kappa shape index (κ2) is 9.69. The van der Waals surface area contributed by atoms with Gasteiger partial charge < -0.3 is 15.0 Å². The number of nitrogens with zero attached hydrogens (tertiary/aromatic N) is 2. The van der Waals surface area contributed by atoms with Crippen LogP contribution >= 0.6 is 0 Å². The lowest BCUT2D eigenvalue weighted by molar-refractivity contribution is -0.117. The van der Waals surface area contributed by atoms with Crippen LogP contribution in [0.1, 0.15) is 44.2 Å². The van der Waals surface area contributed by atoms with Crippen molar-refractivity contribution in [1.82, 2.24) is 4.90 Å². The lowest BCUT2D eigenvalue weighted by Gasteiger charge is -2.24. The number of benzene rings is 3. The molecule has 1 N–H and O–H groups in total. The molecule has 5 nitrogen and oxygen atoms in total. The van der Waals surface area contributed by atoms with Crippen molar-refractivity contribution in [1.29, 1.82) is 0 Å². The standard InChI is InChI=1S/C27H29N3O2/c1-4-21(19-12-8-7-9-13-19)27(31)28-20-16-17-24-22(18-20)26(30(5-2)6-3)29-23-14-10-11-15-25(23)32-24/h7-18,21H,4-6H2,1-3H3,(H,28,31)/t21-/m1/s1. The summed E-state index contributed by atoms with van der Waals surface area (Å²) in [6.07, 6.45) is 0.728. The van der Waals surface area contributed by atoms with Gasteiger partial charge in [-0.2, -0.15) is 0 Å². The normalized spacial score (nSPS) is 13.0. The van der Waals surface area contributed by atoms with E-state index in [9.17, 15) is 4.79 Å². The summed E-state index contributed by atoms with van der Waals surface area (Å²) >= 11 is 0. The summed E-state index contributed by atoms with van der Waals surface area (Å²) in [4.78, 5) is 20.3. The zero-order valence-corrected chi connectivity index (χ0v) is 18.8. The van der Waals surface area contributed by atoms with Gasteiger partial charge in [0.05, 0.1) is 11.5 Å². The highest BCUT2D eigenvalue weighted by Gasteiger charge is 2.23. The predicted octanol–water partition coefficient (Wildman–Crippen LogP) is 6.34. The molecule has 1 aliphatic heterocycles. The average molecular weight is 428 g/mol. The molecule has 0 unspecified atom stereocenters. The van der Waals surface area contributed by atoms with Crippen LogP contribution in [0.15, 0.2) is 77.8 Å². The third-order valence-electron chi connectivity index (χ3n) is 5.79. The van der Waals surface area contributed by atoms with Gasteiger partial charge in [0.2, 0.25) is 5.91 Å². The first-order valence-corrected chi connectivity index (χ1v) is 11.2. The molecule has 164 valence electrons. The second-order valence-electron chi connectivity index (χ2n) is 7.75. The summed E-state index contributed by atoms with van der Waals surface area (Å²) in [6, 6.07) is 23.5. The molecule has 0 saturated heterocycles. The molecule has 0 aliphatic carbocycles. The van der Waals surface area contributed by atoms with Crippen LogP contribution < -0.4 is 10.1 Å². The van der Waals surface area contributed by atoms with Crippen LogP contribution in [0.2, 0.25) is 0 Å². The van der Waals surface area contributed by atoms with Gasteiger partial charge in [0.15, 0.2) is 5.75 Å². The Bertz CT molecular complexity index is 1120. The number of ether oxygens (including phenoxy) is 1. The van der Waals surface area contributed by atoms with E-state index in [-0.39, 0.29) is 11.8 Å². The van der Waals surface area contributed by atoms with E-state index in [1.54, 1.807) is 0 Å². The third kappa shape index (κ3) is 4.37. The van der Waals surface area contributed by atoms with Crippen molar-refractivity contribution in [2.45, 2.75) is 33.1 Å². The summed E-state index contributed by atoms with van der Waals surface area (Å²) in [5.74, 6) is 2.09.